The van der Waals surface area contributed by atoms with E-state index in [0.29, 0.717) is 5.71 Å². The number of aryl methyl sites for hydroxylation is 2. The van der Waals surface area contributed by atoms with Crippen molar-refractivity contribution in [2.24, 2.45) is 5.16 Å². The van der Waals surface area contributed by atoms with Gasteiger partial charge in [0.15, 0.2) is 0 Å². The van der Waals surface area contributed by atoms with Crippen LogP contribution in [-0.2, 0) is 0 Å². The van der Waals surface area contributed by atoms with E-state index in [1.165, 1.54) is 0 Å². The molecule has 3 nitrogen and oxygen atoms in total. The lowest BCUT2D eigenvalue weighted by atomic mass is 10.2. The molecule has 0 amide bonds. The lowest BCUT2D eigenvalue weighted by Gasteiger charge is -1.91. The van der Waals surface area contributed by atoms with Crippen molar-refractivity contribution >= 4 is 5.71 Å². The minimum atomic E-state index is 0.583. The molecule has 0 aliphatic heterocycles. The fraction of sp³-hybridized carbons (Fsp3) is 0.375. The maximum atomic E-state index is 8.47. The van der Waals surface area contributed by atoms with Crippen LogP contribution in [0.3, 0.4) is 0 Å². The van der Waals surface area contributed by atoms with Crippen LogP contribution in [0, 0.1) is 13.8 Å². The van der Waals surface area contributed by atoms with Crippen LogP contribution in [-0.4, -0.2) is 10.9 Å². The molecule has 0 fully saturated rings. The van der Waals surface area contributed by atoms with Crippen LogP contribution < -0.4 is 0 Å². The smallest absolute Gasteiger partial charge is 0.110 e. The molecule has 0 aromatic carbocycles. The van der Waals surface area contributed by atoms with Crippen LogP contribution in [0.5, 0.6) is 0 Å². The molecular formula is C8H11NO2. The lowest BCUT2D eigenvalue weighted by Crippen LogP contribution is -1.93. The molecule has 1 N–H and O–H groups in total. The van der Waals surface area contributed by atoms with Crippen molar-refractivity contribution in [3.8, 4) is 0 Å². The first-order chi connectivity index (χ1) is 5.15. The number of nitrogens with zero attached hydrogens (tertiary/aromatic N) is 1. The van der Waals surface area contributed by atoms with Crippen molar-refractivity contribution in [1.29, 1.82) is 0 Å². The third-order valence-electron chi connectivity index (χ3n) is 1.58. The van der Waals surface area contributed by atoms with Gasteiger partial charge >= 0.3 is 0 Å². The fourth-order valence-electron chi connectivity index (χ4n) is 1.04. The van der Waals surface area contributed by atoms with Gasteiger partial charge in [-0.3, -0.25) is 0 Å². The first-order valence-electron chi connectivity index (χ1n) is 3.41. The van der Waals surface area contributed by atoms with E-state index >= 15 is 0 Å². The zero-order valence-electron chi connectivity index (χ0n) is 6.88. The zero-order valence-corrected chi connectivity index (χ0v) is 6.88. The van der Waals surface area contributed by atoms with E-state index in [0.717, 1.165) is 17.1 Å². The second-order valence-corrected chi connectivity index (χ2v) is 2.51. The summed E-state index contributed by atoms with van der Waals surface area (Å²) in [4.78, 5) is 0. The Bertz CT molecular complexity index is 286. The molecule has 1 aromatic rings. The van der Waals surface area contributed by atoms with Crippen LogP contribution in [0.2, 0.25) is 0 Å². The standard InChI is InChI=1S/C8H11NO2/c1-5-4-8(6(2)9-10)7(3)11-5/h4,10H,1-3H3. The van der Waals surface area contributed by atoms with Crippen LogP contribution in [0.25, 0.3) is 0 Å². The lowest BCUT2D eigenvalue weighted by molar-refractivity contribution is 0.319. The maximum Gasteiger partial charge on any atom is 0.110 e. The highest BCUT2D eigenvalue weighted by atomic mass is 16.4. The summed E-state index contributed by atoms with van der Waals surface area (Å²) in [5, 5.41) is 11.6. The van der Waals surface area contributed by atoms with E-state index in [9.17, 15) is 0 Å². The normalized spacial score (nSPS) is 12.1. The number of hydrogen-bond donors (Lipinski definition) is 1. The predicted molar refractivity (Wildman–Crippen MR) is 42.2 cm³/mol. The molecule has 0 bridgehead atoms. The van der Waals surface area contributed by atoms with Gasteiger partial charge in [0.2, 0.25) is 0 Å². The summed E-state index contributed by atoms with van der Waals surface area (Å²) < 4.78 is 5.25. The van der Waals surface area contributed by atoms with Crippen LogP contribution in [0.4, 0.5) is 0 Å². The Hall–Kier alpha value is -1.25. The zero-order chi connectivity index (χ0) is 8.43. The highest BCUT2D eigenvalue weighted by Gasteiger charge is 2.06. The van der Waals surface area contributed by atoms with E-state index in [-0.39, 0.29) is 0 Å². The van der Waals surface area contributed by atoms with E-state index < -0.39 is 0 Å². The van der Waals surface area contributed by atoms with Crippen LogP contribution >= 0.6 is 0 Å². The first-order valence-corrected chi connectivity index (χ1v) is 3.41. The Labute approximate surface area is 65.3 Å². The first kappa shape index (κ1) is 7.85. The number of oxime groups is 1. The van der Waals surface area contributed by atoms with Crippen molar-refractivity contribution in [3.05, 3.63) is 23.2 Å². The molecule has 1 rings (SSSR count). The average molecular weight is 153 g/mol. The molecule has 11 heavy (non-hydrogen) atoms. The van der Waals surface area contributed by atoms with Gasteiger partial charge in [0.1, 0.15) is 11.5 Å². The molecule has 0 atom stereocenters. The molecule has 0 unspecified atom stereocenters. The Morgan fingerprint density at radius 3 is 2.55 bits per heavy atom. The minimum Gasteiger partial charge on any atom is -0.466 e. The third kappa shape index (κ3) is 1.42. The van der Waals surface area contributed by atoms with Crippen LogP contribution in [0.1, 0.15) is 24.0 Å². The van der Waals surface area contributed by atoms with Gasteiger partial charge in [-0.1, -0.05) is 5.16 Å². The highest BCUT2D eigenvalue weighted by Crippen LogP contribution is 2.14. The number of rotatable bonds is 1. The van der Waals surface area contributed by atoms with Gasteiger partial charge in [0, 0.05) is 5.56 Å². The van der Waals surface area contributed by atoms with Gasteiger partial charge in [-0.15, -0.1) is 0 Å². The molecule has 0 aliphatic carbocycles. The Balaban J connectivity index is 3.13. The fourth-order valence-corrected chi connectivity index (χ4v) is 1.04. The van der Waals surface area contributed by atoms with E-state index in [1.54, 1.807) is 6.92 Å². The second kappa shape index (κ2) is 2.78. The average Bonchev–Trinajstić information content (AvgIpc) is 2.28. The number of furan rings is 1. The largest absolute Gasteiger partial charge is 0.466 e. The molecule has 0 spiro atoms. The highest BCUT2D eigenvalue weighted by molar-refractivity contribution is 5.99. The van der Waals surface area contributed by atoms with Crippen molar-refractivity contribution in [1.82, 2.24) is 0 Å². The van der Waals surface area contributed by atoms with E-state index in [4.69, 9.17) is 9.62 Å². The van der Waals surface area contributed by atoms with Crippen molar-refractivity contribution < 1.29 is 9.62 Å². The minimum absolute atomic E-state index is 0.583. The van der Waals surface area contributed by atoms with Gasteiger partial charge in [-0.2, -0.15) is 0 Å². The van der Waals surface area contributed by atoms with Gasteiger partial charge in [-0.25, -0.2) is 0 Å². The summed E-state index contributed by atoms with van der Waals surface area (Å²) >= 11 is 0. The molecule has 0 aliphatic rings. The molecule has 1 aromatic heterocycles. The predicted octanol–water partition coefficient (Wildman–Crippen LogP) is 2.09. The monoisotopic (exact) mass is 153 g/mol. The van der Waals surface area contributed by atoms with Gasteiger partial charge in [-0.05, 0) is 26.8 Å². The van der Waals surface area contributed by atoms with Gasteiger partial charge < -0.3 is 9.62 Å². The molecule has 60 valence electrons. The molecule has 0 saturated carbocycles. The summed E-state index contributed by atoms with van der Waals surface area (Å²) in [5.41, 5.74) is 1.45. The molecular weight excluding hydrogens is 142 g/mol. The van der Waals surface area contributed by atoms with Crippen molar-refractivity contribution in [3.63, 3.8) is 0 Å². The molecule has 0 saturated heterocycles. The molecule has 0 radical (unpaired) electrons. The summed E-state index contributed by atoms with van der Waals surface area (Å²) in [5.74, 6) is 1.62. The summed E-state index contributed by atoms with van der Waals surface area (Å²) in [6, 6.07) is 1.85. The maximum absolute atomic E-state index is 8.47. The number of hydrogen-bond acceptors (Lipinski definition) is 3. The quantitative estimate of drug-likeness (QED) is 0.381. The Kier molecular flexibility index (Phi) is 1.98. The van der Waals surface area contributed by atoms with E-state index in [1.807, 2.05) is 19.9 Å². The molecule has 1 heterocycles. The summed E-state index contributed by atoms with van der Waals surface area (Å²) in [6.07, 6.45) is 0. The SMILES string of the molecule is CC(=NO)c1cc(C)oc1C. The van der Waals surface area contributed by atoms with E-state index in [2.05, 4.69) is 5.16 Å². The molecule has 3 heteroatoms. The Morgan fingerprint density at radius 1 is 1.55 bits per heavy atom. The van der Waals surface area contributed by atoms with Crippen molar-refractivity contribution in [2.45, 2.75) is 20.8 Å². The van der Waals surface area contributed by atoms with Crippen molar-refractivity contribution in [2.75, 3.05) is 0 Å². The topological polar surface area (TPSA) is 45.7 Å². The van der Waals surface area contributed by atoms with Crippen LogP contribution in [0.15, 0.2) is 15.6 Å². The second-order valence-electron chi connectivity index (χ2n) is 2.51. The summed E-state index contributed by atoms with van der Waals surface area (Å²) in [7, 11) is 0. The van der Waals surface area contributed by atoms with Gasteiger partial charge in [0.05, 0.1) is 5.71 Å². The van der Waals surface area contributed by atoms with Gasteiger partial charge in [0.25, 0.3) is 0 Å². The third-order valence-corrected chi connectivity index (χ3v) is 1.58. The Morgan fingerprint density at radius 2 is 2.18 bits per heavy atom. The summed E-state index contributed by atoms with van der Waals surface area (Å²) in [6.45, 7) is 5.44.